The summed E-state index contributed by atoms with van der Waals surface area (Å²) in [6.45, 7) is 15.3. The lowest BCUT2D eigenvalue weighted by Crippen LogP contribution is -2.19. The van der Waals surface area contributed by atoms with Crippen molar-refractivity contribution in [2.45, 2.75) is 59.3 Å². The molecule has 0 aliphatic carbocycles. The van der Waals surface area contributed by atoms with E-state index in [4.69, 9.17) is 4.98 Å². The second kappa shape index (κ2) is 6.35. The number of benzene rings is 1. The third kappa shape index (κ3) is 3.69. The first-order chi connectivity index (χ1) is 12.1. The first-order valence-electron chi connectivity index (χ1n) is 9.07. The molecule has 4 heteroatoms. The predicted octanol–water partition coefficient (Wildman–Crippen LogP) is 5.67. The molecular weight excluding hydrogens is 320 g/mol. The minimum atomic E-state index is -0.0267. The average Bonchev–Trinajstić information content (AvgIpc) is 2.52. The van der Waals surface area contributed by atoms with Crippen molar-refractivity contribution in [1.82, 2.24) is 15.0 Å². The first kappa shape index (κ1) is 18.3. The van der Waals surface area contributed by atoms with E-state index in [1.807, 2.05) is 19.1 Å². The Morgan fingerprint density at radius 1 is 0.885 bits per heavy atom. The Bertz CT molecular complexity index is 946. The fourth-order valence-electron chi connectivity index (χ4n) is 2.98. The minimum Gasteiger partial charge on any atom is -0.322 e. The molecule has 0 aliphatic rings. The molecule has 1 N–H and O–H groups in total. The van der Waals surface area contributed by atoms with Crippen molar-refractivity contribution >= 4 is 22.5 Å². The maximum atomic E-state index is 5.02. The molecule has 0 spiro atoms. The maximum Gasteiger partial charge on any atom is 0.227 e. The van der Waals surface area contributed by atoms with Gasteiger partial charge in [0.05, 0.1) is 11.2 Å². The summed E-state index contributed by atoms with van der Waals surface area (Å²) in [4.78, 5) is 13.8. The van der Waals surface area contributed by atoms with Gasteiger partial charge in [0.15, 0.2) is 0 Å². The number of hydrogen-bond donors (Lipinski definition) is 1. The maximum absolute atomic E-state index is 5.02. The van der Waals surface area contributed by atoms with Crippen LogP contribution in [0.25, 0.3) is 10.9 Å². The van der Waals surface area contributed by atoms with Gasteiger partial charge in [-0.25, -0.2) is 9.97 Å². The van der Waals surface area contributed by atoms with E-state index in [0.29, 0.717) is 5.95 Å². The molecule has 3 rings (SSSR count). The molecule has 2 aromatic heterocycles. The zero-order chi connectivity index (χ0) is 19.1. The van der Waals surface area contributed by atoms with Gasteiger partial charge in [-0.15, -0.1) is 0 Å². The van der Waals surface area contributed by atoms with Crippen molar-refractivity contribution in [2.24, 2.45) is 0 Å². The van der Waals surface area contributed by atoms with Crippen molar-refractivity contribution in [3.8, 4) is 0 Å². The first-order valence-corrected chi connectivity index (χ1v) is 9.07. The van der Waals surface area contributed by atoms with Crippen molar-refractivity contribution in [1.29, 1.82) is 0 Å². The fraction of sp³-hybridized carbons (Fsp3) is 0.409. The number of aryl methyl sites for hydroxylation is 1. The van der Waals surface area contributed by atoms with E-state index in [2.05, 4.69) is 75.0 Å². The van der Waals surface area contributed by atoms with Crippen LogP contribution in [0.2, 0.25) is 0 Å². The molecule has 26 heavy (non-hydrogen) atoms. The normalized spacial score (nSPS) is 12.4. The zero-order valence-corrected chi connectivity index (χ0v) is 16.8. The van der Waals surface area contributed by atoms with Gasteiger partial charge in [-0.2, -0.15) is 0 Å². The lowest BCUT2D eigenvalue weighted by molar-refractivity contribution is 0.558. The smallest absolute Gasteiger partial charge is 0.227 e. The van der Waals surface area contributed by atoms with Crippen LogP contribution >= 0.6 is 0 Å². The van der Waals surface area contributed by atoms with Crippen LogP contribution in [-0.4, -0.2) is 15.0 Å². The largest absolute Gasteiger partial charge is 0.322 e. The molecule has 0 fully saturated rings. The molecule has 0 saturated heterocycles. The van der Waals surface area contributed by atoms with Crippen LogP contribution in [0.5, 0.6) is 0 Å². The van der Waals surface area contributed by atoms with Gasteiger partial charge in [0, 0.05) is 28.4 Å². The third-order valence-corrected chi connectivity index (χ3v) is 4.46. The Hall–Kier alpha value is -2.49. The van der Waals surface area contributed by atoms with Crippen LogP contribution in [0.4, 0.5) is 11.6 Å². The summed E-state index contributed by atoms with van der Waals surface area (Å²) >= 11 is 0. The summed E-state index contributed by atoms with van der Waals surface area (Å²) in [6, 6.07) is 10.4. The SMILES string of the molecule is Cc1ccnc(Nc2cccc3c(C(C)(C)C)cc(C(C)(C)C)nc23)n1. The highest BCUT2D eigenvalue weighted by molar-refractivity contribution is 5.94. The molecule has 0 amide bonds. The Labute approximate surface area is 156 Å². The highest BCUT2D eigenvalue weighted by Gasteiger charge is 2.24. The second-order valence-corrected chi connectivity index (χ2v) is 8.90. The van der Waals surface area contributed by atoms with E-state index < -0.39 is 0 Å². The van der Waals surface area contributed by atoms with Gasteiger partial charge >= 0.3 is 0 Å². The average molecular weight is 348 g/mol. The summed E-state index contributed by atoms with van der Waals surface area (Å²) in [5.41, 5.74) is 5.23. The molecule has 2 heterocycles. The molecule has 4 nitrogen and oxygen atoms in total. The number of pyridine rings is 1. The zero-order valence-electron chi connectivity index (χ0n) is 16.8. The van der Waals surface area contributed by atoms with Crippen molar-refractivity contribution in [3.05, 3.63) is 53.5 Å². The minimum absolute atomic E-state index is 0.0267. The van der Waals surface area contributed by atoms with E-state index in [9.17, 15) is 0 Å². The number of rotatable bonds is 2. The van der Waals surface area contributed by atoms with Crippen LogP contribution in [0.1, 0.15) is 58.5 Å². The molecule has 136 valence electrons. The Morgan fingerprint density at radius 2 is 1.62 bits per heavy atom. The summed E-state index contributed by atoms with van der Waals surface area (Å²) in [5.74, 6) is 0.595. The second-order valence-electron chi connectivity index (χ2n) is 8.90. The third-order valence-electron chi connectivity index (χ3n) is 4.46. The summed E-state index contributed by atoms with van der Waals surface area (Å²) in [5, 5.41) is 4.53. The van der Waals surface area contributed by atoms with E-state index in [0.717, 1.165) is 22.6 Å². The van der Waals surface area contributed by atoms with Gasteiger partial charge in [-0.05, 0) is 36.1 Å². The fourth-order valence-corrected chi connectivity index (χ4v) is 2.98. The molecule has 0 bridgehead atoms. The Morgan fingerprint density at radius 3 is 2.23 bits per heavy atom. The van der Waals surface area contributed by atoms with E-state index in [1.54, 1.807) is 6.20 Å². The molecule has 3 aromatic rings. The number of anilines is 2. The Balaban J connectivity index is 2.25. The van der Waals surface area contributed by atoms with Gasteiger partial charge in [-0.1, -0.05) is 53.7 Å². The van der Waals surface area contributed by atoms with Crippen LogP contribution < -0.4 is 5.32 Å². The highest BCUT2D eigenvalue weighted by atomic mass is 15.1. The van der Waals surface area contributed by atoms with Gasteiger partial charge < -0.3 is 5.32 Å². The molecule has 0 radical (unpaired) electrons. The van der Waals surface area contributed by atoms with E-state index in [1.165, 1.54) is 10.9 Å². The molecule has 0 unspecified atom stereocenters. The number of nitrogens with one attached hydrogen (secondary N) is 1. The van der Waals surface area contributed by atoms with E-state index in [-0.39, 0.29) is 10.8 Å². The number of fused-ring (bicyclic) bond motifs is 1. The lowest BCUT2D eigenvalue weighted by atomic mass is 9.81. The van der Waals surface area contributed by atoms with Gasteiger partial charge in [0.25, 0.3) is 0 Å². The number of aromatic nitrogens is 3. The van der Waals surface area contributed by atoms with Crippen LogP contribution in [0, 0.1) is 6.92 Å². The standard InChI is InChI=1S/C22H28N4/c1-14-11-12-23-20(24-14)25-17-10-8-9-15-16(21(2,3)4)13-18(22(5,6)7)26-19(15)17/h8-13H,1-7H3,(H,23,24,25). The number of nitrogens with zero attached hydrogens (tertiary/aromatic N) is 3. The molecule has 1 aromatic carbocycles. The highest BCUT2D eigenvalue weighted by Crippen LogP contribution is 2.36. The summed E-state index contributed by atoms with van der Waals surface area (Å²) in [7, 11) is 0. The molecule has 0 aliphatic heterocycles. The van der Waals surface area contributed by atoms with Crippen molar-refractivity contribution < 1.29 is 0 Å². The van der Waals surface area contributed by atoms with Crippen LogP contribution in [0.15, 0.2) is 36.5 Å². The van der Waals surface area contributed by atoms with Crippen LogP contribution in [0.3, 0.4) is 0 Å². The molecule has 0 saturated carbocycles. The monoisotopic (exact) mass is 348 g/mol. The van der Waals surface area contributed by atoms with Crippen molar-refractivity contribution in [2.75, 3.05) is 5.32 Å². The number of para-hydroxylation sites is 1. The quantitative estimate of drug-likeness (QED) is 0.648. The van der Waals surface area contributed by atoms with E-state index >= 15 is 0 Å². The summed E-state index contributed by atoms with van der Waals surface area (Å²) in [6.07, 6.45) is 1.77. The van der Waals surface area contributed by atoms with Crippen LogP contribution in [-0.2, 0) is 10.8 Å². The van der Waals surface area contributed by atoms with Crippen molar-refractivity contribution in [3.63, 3.8) is 0 Å². The van der Waals surface area contributed by atoms with Gasteiger partial charge in [0.2, 0.25) is 5.95 Å². The van der Waals surface area contributed by atoms with Gasteiger partial charge in [0.1, 0.15) is 0 Å². The molecular formula is C22H28N4. The Kier molecular flexibility index (Phi) is 4.47. The predicted molar refractivity (Wildman–Crippen MR) is 109 cm³/mol. The lowest BCUT2D eigenvalue weighted by Gasteiger charge is -2.26. The number of hydrogen-bond acceptors (Lipinski definition) is 4. The van der Waals surface area contributed by atoms with Gasteiger partial charge in [-0.3, -0.25) is 4.98 Å². The summed E-state index contributed by atoms with van der Waals surface area (Å²) < 4.78 is 0. The molecule has 0 atom stereocenters. The topological polar surface area (TPSA) is 50.7 Å².